The highest BCUT2D eigenvalue weighted by Gasteiger charge is 2.09. The summed E-state index contributed by atoms with van der Waals surface area (Å²) in [5, 5.41) is 0.309. The van der Waals surface area contributed by atoms with Crippen LogP contribution in [0.2, 0.25) is 0 Å². The Kier molecular flexibility index (Phi) is 4.51. The Morgan fingerprint density at radius 2 is 2.05 bits per heavy atom. The van der Waals surface area contributed by atoms with Gasteiger partial charge in [0.15, 0.2) is 0 Å². The second kappa shape index (κ2) is 6.33. The average Bonchev–Trinajstić information content (AvgIpc) is 2.38. The van der Waals surface area contributed by atoms with Gasteiger partial charge in [0.1, 0.15) is 5.82 Å². The summed E-state index contributed by atoms with van der Waals surface area (Å²) in [5.41, 5.74) is 5.57. The van der Waals surface area contributed by atoms with Crippen molar-refractivity contribution < 1.29 is 9.13 Å². The number of halogens is 1. The molecule has 0 amide bonds. The molecule has 19 heavy (non-hydrogen) atoms. The van der Waals surface area contributed by atoms with Crippen molar-refractivity contribution in [2.45, 2.75) is 23.4 Å². The second-order valence-corrected chi connectivity index (χ2v) is 4.65. The van der Waals surface area contributed by atoms with Crippen LogP contribution in [0.1, 0.15) is 13.3 Å². The van der Waals surface area contributed by atoms with E-state index < -0.39 is 0 Å². The highest BCUT2D eigenvalue weighted by atomic mass is 32.2. The van der Waals surface area contributed by atoms with Gasteiger partial charge in [-0.15, -0.1) is 0 Å². The minimum atomic E-state index is -0.331. The van der Waals surface area contributed by atoms with Gasteiger partial charge in [0.25, 0.3) is 0 Å². The van der Waals surface area contributed by atoms with E-state index in [0.29, 0.717) is 16.7 Å². The van der Waals surface area contributed by atoms with E-state index in [1.165, 1.54) is 6.07 Å². The first-order valence-corrected chi connectivity index (χ1v) is 6.57. The Balaban J connectivity index is 2.20. The maximum Gasteiger partial charge on any atom is 0.322 e. The molecule has 100 valence electrons. The molecule has 0 aliphatic carbocycles. The van der Waals surface area contributed by atoms with Crippen LogP contribution in [-0.4, -0.2) is 21.6 Å². The van der Waals surface area contributed by atoms with Crippen molar-refractivity contribution in [2.24, 2.45) is 0 Å². The van der Waals surface area contributed by atoms with Gasteiger partial charge in [-0.1, -0.05) is 19.1 Å². The summed E-state index contributed by atoms with van der Waals surface area (Å²) in [5.74, 6) is -0.276. The number of anilines is 1. The van der Waals surface area contributed by atoms with Gasteiger partial charge in [-0.3, -0.25) is 0 Å². The number of hydrogen-bond acceptors (Lipinski definition) is 6. The molecule has 0 bridgehead atoms. The van der Waals surface area contributed by atoms with E-state index in [4.69, 9.17) is 10.5 Å². The summed E-state index contributed by atoms with van der Waals surface area (Å²) >= 11 is 1.08. The molecule has 0 unspecified atom stereocenters. The van der Waals surface area contributed by atoms with Gasteiger partial charge in [-0.25, -0.2) is 4.39 Å². The molecule has 2 rings (SSSR count). The summed E-state index contributed by atoms with van der Waals surface area (Å²) < 4.78 is 18.8. The van der Waals surface area contributed by atoms with Crippen LogP contribution in [0.25, 0.3) is 0 Å². The van der Waals surface area contributed by atoms with Crippen molar-refractivity contribution in [2.75, 3.05) is 12.3 Å². The number of hydrogen-bond donors (Lipinski definition) is 1. The lowest BCUT2D eigenvalue weighted by Gasteiger charge is -2.05. The van der Waals surface area contributed by atoms with Crippen molar-refractivity contribution in [1.29, 1.82) is 0 Å². The van der Waals surface area contributed by atoms with Gasteiger partial charge >= 0.3 is 6.01 Å². The van der Waals surface area contributed by atoms with Crippen LogP contribution < -0.4 is 10.5 Å². The first-order chi connectivity index (χ1) is 9.19. The summed E-state index contributed by atoms with van der Waals surface area (Å²) in [6, 6.07) is 6.54. The fourth-order valence-electron chi connectivity index (χ4n) is 1.28. The van der Waals surface area contributed by atoms with E-state index >= 15 is 0 Å². The fraction of sp³-hybridized carbons (Fsp3) is 0.250. The number of nitrogen functional groups attached to an aromatic ring is 1. The largest absolute Gasteiger partial charge is 0.463 e. The molecule has 0 atom stereocenters. The van der Waals surface area contributed by atoms with Crippen molar-refractivity contribution in [3.63, 3.8) is 0 Å². The molecule has 0 spiro atoms. The van der Waals surface area contributed by atoms with Gasteiger partial charge in [0.05, 0.1) is 11.5 Å². The molecular weight excluding hydrogens is 267 g/mol. The SMILES string of the molecule is CCCOc1nc(N)nc(Sc2ccccc2F)n1. The lowest BCUT2D eigenvalue weighted by Crippen LogP contribution is -2.05. The Hall–Kier alpha value is -1.89. The molecular formula is C12H13FN4OS. The van der Waals surface area contributed by atoms with Crippen molar-refractivity contribution in [3.8, 4) is 6.01 Å². The second-order valence-electron chi connectivity index (χ2n) is 3.64. The molecule has 0 saturated heterocycles. The number of benzene rings is 1. The molecule has 1 aromatic carbocycles. The van der Waals surface area contributed by atoms with E-state index in [2.05, 4.69) is 15.0 Å². The monoisotopic (exact) mass is 280 g/mol. The number of ether oxygens (including phenoxy) is 1. The zero-order chi connectivity index (χ0) is 13.7. The zero-order valence-electron chi connectivity index (χ0n) is 10.3. The molecule has 0 aliphatic rings. The first kappa shape index (κ1) is 13.5. The quantitative estimate of drug-likeness (QED) is 0.907. The molecule has 1 aromatic heterocycles. The fourth-order valence-corrected chi connectivity index (χ4v) is 2.05. The predicted octanol–water partition coefficient (Wildman–Crippen LogP) is 2.53. The average molecular weight is 280 g/mol. The smallest absolute Gasteiger partial charge is 0.322 e. The van der Waals surface area contributed by atoms with Gasteiger partial charge in [0, 0.05) is 0 Å². The lowest BCUT2D eigenvalue weighted by atomic mass is 10.4. The van der Waals surface area contributed by atoms with Crippen LogP contribution in [0, 0.1) is 5.82 Å². The Bertz CT molecular complexity index is 567. The number of nitrogens with zero attached hydrogens (tertiary/aromatic N) is 3. The molecule has 2 aromatic rings. The molecule has 0 aliphatic heterocycles. The molecule has 0 saturated carbocycles. The third kappa shape index (κ3) is 3.78. The van der Waals surface area contributed by atoms with Crippen molar-refractivity contribution in [1.82, 2.24) is 15.0 Å². The Morgan fingerprint density at radius 1 is 1.26 bits per heavy atom. The van der Waals surface area contributed by atoms with E-state index in [0.717, 1.165) is 18.2 Å². The highest BCUT2D eigenvalue weighted by Crippen LogP contribution is 2.27. The van der Waals surface area contributed by atoms with E-state index in [1.54, 1.807) is 18.2 Å². The maximum atomic E-state index is 13.5. The first-order valence-electron chi connectivity index (χ1n) is 5.75. The molecule has 0 fully saturated rings. The predicted molar refractivity (Wildman–Crippen MR) is 70.5 cm³/mol. The van der Waals surface area contributed by atoms with Gasteiger partial charge in [-0.2, -0.15) is 15.0 Å². The normalized spacial score (nSPS) is 10.4. The zero-order valence-corrected chi connectivity index (χ0v) is 11.2. The van der Waals surface area contributed by atoms with Crippen molar-refractivity contribution >= 4 is 17.7 Å². The standard InChI is InChI=1S/C12H13FN4OS/c1-2-7-18-11-15-10(14)16-12(17-11)19-9-6-4-3-5-8(9)13/h3-6H,2,7H2,1H3,(H2,14,15,16,17). The topological polar surface area (TPSA) is 73.9 Å². The number of rotatable bonds is 5. The minimum Gasteiger partial charge on any atom is -0.463 e. The van der Waals surface area contributed by atoms with E-state index in [9.17, 15) is 4.39 Å². The maximum absolute atomic E-state index is 13.5. The Morgan fingerprint density at radius 3 is 2.79 bits per heavy atom. The Labute approximate surface area is 114 Å². The van der Waals surface area contributed by atoms with Crippen LogP contribution in [0.15, 0.2) is 34.3 Å². The molecule has 0 radical (unpaired) electrons. The summed E-state index contributed by atoms with van der Waals surface area (Å²) in [6.45, 7) is 2.47. The molecule has 2 N–H and O–H groups in total. The summed E-state index contributed by atoms with van der Waals surface area (Å²) in [6.07, 6.45) is 0.835. The van der Waals surface area contributed by atoms with Gasteiger partial charge in [-0.05, 0) is 30.3 Å². The molecule has 5 nitrogen and oxygen atoms in total. The highest BCUT2D eigenvalue weighted by molar-refractivity contribution is 7.99. The lowest BCUT2D eigenvalue weighted by molar-refractivity contribution is 0.288. The number of aromatic nitrogens is 3. The van der Waals surface area contributed by atoms with Crippen molar-refractivity contribution in [3.05, 3.63) is 30.1 Å². The molecule has 7 heteroatoms. The van der Waals surface area contributed by atoms with E-state index in [-0.39, 0.29) is 17.8 Å². The van der Waals surface area contributed by atoms with Crippen LogP contribution >= 0.6 is 11.8 Å². The summed E-state index contributed by atoms with van der Waals surface area (Å²) in [7, 11) is 0. The summed E-state index contributed by atoms with van der Waals surface area (Å²) in [4.78, 5) is 12.3. The third-order valence-corrected chi connectivity index (χ3v) is 3.00. The van der Waals surface area contributed by atoms with Crippen LogP contribution in [0.3, 0.4) is 0 Å². The number of nitrogens with two attached hydrogens (primary N) is 1. The van der Waals surface area contributed by atoms with Crippen LogP contribution in [-0.2, 0) is 0 Å². The minimum absolute atomic E-state index is 0.0555. The van der Waals surface area contributed by atoms with Gasteiger partial charge < -0.3 is 10.5 Å². The van der Waals surface area contributed by atoms with Crippen LogP contribution in [0.4, 0.5) is 10.3 Å². The van der Waals surface area contributed by atoms with E-state index in [1.807, 2.05) is 6.92 Å². The molecule has 1 heterocycles. The third-order valence-electron chi connectivity index (χ3n) is 2.08. The van der Waals surface area contributed by atoms with Crippen LogP contribution in [0.5, 0.6) is 6.01 Å². The van der Waals surface area contributed by atoms with Gasteiger partial charge in [0.2, 0.25) is 11.1 Å².